The van der Waals surface area contributed by atoms with Gasteiger partial charge < -0.3 is 14.5 Å². The van der Waals surface area contributed by atoms with Gasteiger partial charge in [0.2, 0.25) is 5.91 Å². The molecule has 0 saturated carbocycles. The number of hydrogen-bond acceptors (Lipinski definition) is 4. The van der Waals surface area contributed by atoms with E-state index in [2.05, 4.69) is 4.90 Å². The molecular formula is C21H30FN3O3. The number of carbonyl (C=O) groups excluding carboxylic acids is 2. The standard InChI is InChI=1S/C21H30FN3O3/c1-21(2,3)28-20(27)24-11-9-17(10-12-24)25-14-19(26)23(4)13-18(25)15-5-7-16(22)8-6-15/h5-8,17-18H,9-14H2,1-4H3. The first-order chi connectivity index (χ1) is 13.1. The average molecular weight is 391 g/mol. The van der Waals surface area contributed by atoms with Gasteiger partial charge in [-0.05, 0) is 51.3 Å². The molecule has 6 nitrogen and oxygen atoms in total. The molecule has 2 heterocycles. The van der Waals surface area contributed by atoms with Crippen molar-refractivity contribution in [2.45, 2.75) is 51.3 Å². The van der Waals surface area contributed by atoms with Gasteiger partial charge >= 0.3 is 6.09 Å². The van der Waals surface area contributed by atoms with Crippen molar-refractivity contribution >= 4 is 12.0 Å². The summed E-state index contributed by atoms with van der Waals surface area (Å²) in [5, 5.41) is 0. The molecule has 2 saturated heterocycles. The van der Waals surface area contributed by atoms with Crippen molar-refractivity contribution in [1.29, 1.82) is 0 Å². The molecule has 3 rings (SSSR count). The Labute approximate surface area is 166 Å². The maximum absolute atomic E-state index is 13.4. The van der Waals surface area contributed by atoms with Crippen LogP contribution in [0.5, 0.6) is 0 Å². The maximum Gasteiger partial charge on any atom is 0.410 e. The molecule has 28 heavy (non-hydrogen) atoms. The molecule has 1 atom stereocenters. The average Bonchev–Trinajstić information content (AvgIpc) is 2.63. The second-order valence-corrected chi connectivity index (χ2v) is 8.71. The van der Waals surface area contributed by atoms with Gasteiger partial charge in [0.25, 0.3) is 0 Å². The monoisotopic (exact) mass is 391 g/mol. The van der Waals surface area contributed by atoms with Gasteiger partial charge in [0.05, 0.1) is 12.6 Å². The lowest BCUT2D eigenvalue weighted by Crippen LogP contribution is -2.56. The number of amides is 2. The lowest BCUT2D eigenvalue weighted by molar-refractivity contribution is -0.139. The minimum atomic E-state index is -0.508. The van der Waals surface area contributed by atoms with E-state index >= 15 is 0 Å². The van der Waals surface area contributed by atoms with Crippen LogP contribution in [0.2, 0.25) is 0 Å². The number of likely N-dealkylation sites (N-methyl/N-ethyl adjacent to an activating group) is 1. The van der Waals surface area contributed by atoms with E-state index in [1.807, 2.05) is 20.8 Å². The number of ether oxygens (including phenoxy) is 1. The van der Waals surface area contributed by atoms with Crippen LogP contribution >= 0.6 is 0 Å². The highest BCUT2D eigenvalue weighted by Gasteiger charge is 2.38. The molecular weight excluding hydrogens is 361 g/mol. The van der Waals surface area contributed by atoms with Gasteiger partial charge in [-0.15, -0.1) is 0 Å². The van der Waals surface area contributed by atoms with Crippen LogP contribution in [-0.4, -0.2) is 71.6 Å². The second-order valence-electron chi connectivity index (χ2n) is 8.71. The number of hydrogen-bond donors (Lipinski definition) is 0. The molecule has 1 aromatic rings. The molecule has 0 aromatic heterocycles. The molecule has 2 amide bonds. The van der Waals surface area contributed by atoms with E-state index in [4.69, 9.17) is 4.74 Å². The number of piperazine rings is 1. The van der Waals surface area contributed by atoms with Gasteiger partial charge in [-0.25, -0.2) is 9.18 Å². The van der Waals surface area contributed by atoms with E-state index in [0.717, 1.165) is 18.4 Å². The molecule has 2 aliphatic heterocycles. The van der Waals surface area contributed by atoms with Crippen LogP contribution in [0.4, 0.5) is 9.18 Å². The predicted molar refractivity (Wildman–Crippen MR) is 104 cm³/mol. The van der Waals surface area contributed by atoms with Crippen molar-refractivity contribution in [2.24, 2.45) is 0 Å². The fourth-order valence-corrected chi connectivity index (χ4v) is 3.93. The molecule has 154 valence electrons. The lowest BCUT2D eigenvalue weighted by atomic mass is 9.95. The van der Waals surface area contributed by atoms with Crippen molar-refractivity contribution < 1.29 is 18.7 Å². The second kappa shape index (κ2) is 8.07. The first-order valence-corrected chi connectivity index (χ1v) is 9.87. The van der Waals surface area contributed by atoms with Crippen LogP contribution in [0, 0.1) is 5.82 Å². The summed E-state index contributed by atoms with van der Waals surface area (Å²) in [6, 6.07) is 6.76. The minimum absolute atomic E-state index is 0.0291. The van der Waals surface area contributed by atoms with Crippen LogP contribution < -0.4 is 0 Å². The zero-order chi connectivity index (χ0) is 20.5. The largest absolute Gasteiger partial charge is 0.444 e. The smallest absolute Gasteiger partial charge is 0.410 e. The number of rotatable bonds is 2. The Balaban J connectivity index is 1.69. The van der Waals surface area contributed by atoms with Gasteiger partial charge in [-0.3, -0.25) is 9.69 Å². The number of halogens is 1. The molecule has 2 fully saturated rings. The van der Waals surface area contributed by atoms with Crippen molar-refractivity contribution in [3.05, 3.63) is 35.6 Å². The Morgan fingerprint density at radius 1 is 1.14 bits per heavy atom. The van der Waals surface area contributed by atoms with Gasteiger partial charge in [-0.2, -0.15) is 0 Å². The van der Waals surface area contributed by atoms with Gasteiger partial charge in [0.15, 0.2) is 0 Å². The summed E-state index contributed by atoms with van der Waals surface area (Å²) in [5.41, 5.74) is 0.501. The summed E-state index contributed by atoms with van der Waals surface area (Å²) in [6.07, 6.45) is 1.29. The number of benzene rings is 1. The number of piperidine rings is 1. The Morgan fingerprint density at radius 2 is 1.75 bits per heavy atom. The predicted octanol–water partition coefficient (Wildman–Crippen LogP) is 3.04. The summed E-state index contributed by atoms with van der Waals surface area (Å²) >= 11 is 0. The molecule has 0 radical (unpaired) electrons. The van der Waals surface area contributed by atoms with Crippen LogP contribution in [0.1, 0.15) is 45.2 Å². The first-order valence-electron chi connectivity index (χ1n) is 9.87. The fourth-order valence-electron chi connectivity index (χ4n) is 3.93. The molecule has 2 aliphatic rings. The normalized spacial score (nSPS) is 22.5. The molecule has 0 spiro atoms. The SMILES string of the molecule is CN1CC(c2ccc(F)cc2)N(C2CCN(C(=O)OC(C)(C)C)CC2)CC1=O. The Kier molecular flexibility index (Phi) is 5.93. The van der Waals surface area contributed by atoms with Crippen molar-refractivity contribution in [1.82, 2.24) is 14.7 Å². The molecule has 0 bridgehead atoms. The highest BCUT2D eigenvalue weighted by Crippen LogP contribution is 2.31. The first kappa shape index (κ1) is 20.6. The fraction of sp³-hybridized carbons (Fsp3) is 0.619. The molecule has 7 heteroatoms. The number of nitrogens with zero attached hydrogens (tertiary/aromatic N) is 3. The molecule has 1 unspecified atom stereocenters. The van der Waals surface area contributed by atoms with E-state index in [-0.39, 0.29) is 29.9 Å². The summed E-state index contributed by atoms with van der Waals surface area (Å²) in [7, 11) is 1.81. The molecule has 1 aromatic carbocycles. The van der Waals surface area contributed by atoms with Crippen molar-refractivity contribution in [2.75, 3.05) is 33.2 Å². The molecule has 0 N–H and O–H groups in total. The quantitative estimate of drug-likeness (QED) is 0.778. The van der Waals surface area contributed by atoms with Crippen molar-refractivity contribution in [3.8, 4) is 0 Å². The van der Waals surface area contributed by atoms with Crippen molar-refractivity contribution in [3.63, 3.8) is 0 Å². The van der Waals surface area contributed by atoms with E-state index in [1.54, 1.807) is 29.0 Å². The van der Waals surface area contributed by atoms with Crippen LogP contribution in [0.3, 0.4) is 0 Å². The Bertz CT molecular complexity index is 709. The highest BCUT2D eigenvalue weighted by molar-refractivity contribution is 5.79. The number of carbonyl (C=O) groups is 2. The Hall–Kier alpha value is -2.15. The van der Waals surface area contributed by atoms with E-state index < -0.39 is 5.60 Å². The maximum atomic E-state index is 13.4. The third-order valence-electron chi connectivity index (χ3n) is 5.43. The summed E-state index contributed by atoms with van der Waals surface area (Å²) in [5.74, 6) is -0.172. The highest BCUT2D eigenvalue weighted by atomic mass is 19.1. The van der Waals surface area contributed by atoms with Gasteiger partial charge in [-0.1, -0.05) is 12.1 Å². The van der Waals surface area contributed by atoms with Gasteiger partial charge in [0.1, 0.15) is 11.4 Å². The summed E-state index contributed by atoms with van der Waals surface area (Å²) in [4.78, 5) is 30.4. The van der Waals surface area contributed by atoms with E-state index in [1.165, 1.54) is 12.1 Å². The lowest BCUT2D eigenvalue weighted by Gasteiger charge is -2.46. The van der Waals surface area contributed by atoms with Gasteiger partial charge in [0, 0.05) is 32.7 Å². The third kappa shape index (κ3) is 4.82. The zero-order valence-electron chi connectivity index (χ0n) is 17.2. The Morgan fingerprint density at radius 3 is 2.32 bits per heavy atom. The van der Waals surface area contributed by atoms with Crippen LogP contribution in [-0.2, 0) is 9.53 Å². The zero-order valence-corrected chi connectivity index (χ0v) is 17.2. The van der Waals surface area contributed by atoms with Crippen LogP contribution in [0.25, 0.3) is 0 Å². The topological polar surface area (TPSA) is 53.1 Å². The minimum Gasteiger partial charge on any atom is -0.444 e. The van der Waals surface area contributed by atoms with E-state index in [0.29, 0.717) is 26.2 Å². The molecule has 0 aliphatic carbocycles. The van der Waals surface area contributed by atoms with Crippen LogP contribution in [0.15, 0.2) is 24.3 Å². The number of likely N-dealkylation sites (tertiary alicyclic amines) is 1. The van der Waals surface area contributed by atoms with E-state index in [9.17, 15) is 14.0 Å². The summed E-state index contributed by atoms with van der Waals surface area (Å²) in [6.45, 7) is 7.72. The summed E-state index contributed by atoms with van der Waals surface area (Å²) < 4.78 is 18.8. The third-order valence-corrected chi connectivity index (χ3v) is 5.43.